The molecule has 0 atom stereocenters. The van der Waals surface area contributed by atoms with Gasteiger partial charge in [0.2, 0.25) is 0 Å². The van der Waals surface area contributed by atoms with Crippen molar-refractivity contribution in [1.82, 2.24) is 4.98 Å². The number of fused-ring (bicyclic) bond motifs is 2. The fourth-order valence-electron chi connectivity index (χ4n) is 4.04. The largest absolute Gasteiger partial charge is 0.481 e. The zero-order chi connectivity index (χ0) is 19.0. The molecule has 0 bridgehead atoms. The van der Waals surface area contributed by atoms with Crippen LogP contribution >= 0.6 is 11.6 Å². The third-order valence-corrected chi connectivity index (χ3v) is 5.57. The van der Waals surface area contributed by atoms with Gasteiger partial charge in [0.05, 0.1) is 5.57 Å². The van der Waals surface area contributed by atoms with E-state index in [1.807, 2.05) is 6.08 Å². The normalized spacial score (nSPS) is 17.4. The molecule has 5 nitrogen and oxygen atoms in total. The number of amides is 1. The lowest BCUT2D eigenvalue weighted by atomic mass is 9.98. The second kappa shape index (κ2) is 7.24. The minimum Gasteiger partial charge on any atom is -0.481 e. The molecule has 2 aliphatic rings. The van der Waals surface area contributed by atoms with Gasteiger partial charge >= 0.3 is 5.97 Å². The average molecular weight is 385 g/mol. The molecule has 27 heavy (non-hydrogen) atoms. The molecule has 0 saturated heterocycles. The van der Waals surface area contributed by atoms with Crippen molar-refractivity contribution in [2.45, 2.75) is 44.9 Å². The van der Waals surface area contributed by atoms with Crippen molar-refractivity contribution in [2.24, 2.45) is 0 Å². The summed E-state index contributed by atoms with van der Waals surface area (Å²) in [6.45, 7) is 0. The lowest BCUT2D eigenvalue weighted by Gasteiger charge is -2.05. The summed E-state index contributed by atoms with van der Waals surface area (Å²) < 4.78 is 0. The fourth-order valence-corrected chi connectivity index (χ4v) is 4.21. The van der Waals surface area contributed by atoms with Crippen molar-refractivity contribution in [3.05, 3.63) is 51.3 Å². The van der Waals surface area contributed by atoms with Crippen LogP contribution in [0.2, 0.25) is 5.02 Å². The second-order valence-corrected chi connectivity index (χ2v) is 7.57. The number of aliphatic carboxylic acids is 1. The van der Waals surface area contributed by atoms with Gasteiger partial charge in [0, 0.05) is 34.1 Å². The topological polar surface area (TPSA) is 82.2 Å². The molecule has 1 aromatic carbocycles. The number of carbonyl (C=O) groups excluding carboxylic acids is 1. The number of aromatic nitrogens is 1. The van der Waals surface area contributed by atoms with Gasteiger partial charge in [-0.2, -0.15) is 0 Å². The first-order chi connectivity index (χ1) is 13.0. The van der Waals surface area contributed by atoms with Crippen molar-refractivity contribution in [3.63, 3.8) is 0 Å². The molecule has 6 heteroatoms. The smallest absolute Gasteiger partial charge is 0.303 e. The summed E-state index contributed by atoms with van der Waals surface area (Å²) in [4.78, 5) is 27.1. The van der Waals surface area contributed by atoms with Crippen LogP contribution < -0.4 is 5.32 Å². The van der Waals surface area contributed by atoms with Crippen molar-refractivity contribution >= 4 is 40.8 Å². The van der Waals surface area contributed by atoms with E-state index in [0.717, 1.165) is 48.2 Å². The molecule has 2 heterocycles. The maximum absolute atomic E-state index is 12.5. The first-order valence-corrected chi connectivity index (χ1v) is 9.68. The molecule has 140 valence electrons. The van der Waals surface area contributed by atoms with Gasteiger partial charge in [-0.3, -0.25) is 9.59 Å². The number of hydrogen-bond acceptors (Lipinski definition) is 2. The summed E-state index contributed by atoms with van der Waals surface area (Å²) in [6.07, 6.45) is 7.74. The minimum absolute atomic E-state index is 0.0785. The van der Waals surface area contributed by atoms with E-state index in [0.29, 0.717) is 17.0 Å². The molecule has 3 N–H and O–H groups in total. The highest BCUT2D eigenvalue weighted by molar-refractivity contribution is 6.36. The predicted octanol–water partition coefficient (Wildman–Crippen LogP) is 4.45. The molecule has 1 amide bonds. The van der Waals surface area contributed by atoms with Gasteiger partial charge in [-0.15, -0.1) is 0 Å². The van der Waals surface area contributed by atoms with Gasteiger partial charge < -0.3 is 15.4 Å². The zero-order valence-electron chi connectivity index (χ0n) is 14.9. The number of H-pyrrole nitrogens is 1. The van der Waals surface area contributed by atoms with E-state index in [9.17, 15) is 9.59 Å². The maximum atomic E-state index is 12.5. The predicted molar refractivity (Wildman–Crippen MR) is 106 cm³/mol. The maximum Gasteiger partial charge on any atom is 0.303 e. The number of nitrogens with one attached hydrogen (secondary N) is 2. The first-order valence-electron chi connectivity index (χ1n) is 9.30. The average Bonchev–Trinajstić information content (AvgIpc) is 2.99. The molecule has 2 aromatic rings. The quantitative estimate of drug-likeness (QED) is 0.538. The van der Waals surface area contributed by atoms with E-state index in [4.69, 9.17) is 16.7 Å². The SMILES string of the molecule is O=C(O)CCc1c(/C=C2\C(=O)Nc3ccc(Cl)cc32)[nH]c2c1CCCCC2. The Hall–Kier alpha value is -2.53. The Morgan fingerprint density at radius 3 is 2.85 bits per heavy atom. The van der Waals surface area contributed by atoms with Crippen molar-refractivity contribution in [3.8, 4) is 0 Å². The highest BCUT2D eigenvalue weighted by Gasteiger charge is 2.26. The number of aromatic amines is 1. The summed E-state index contributed by atoms with van der Waals surface area (Å²) >= 11 is 6.12. The Kier molecular flexibility index (Phi) is 4.79. The van der Waals surface area contributed by atoms with E-state index in [2.05, 4.69) is 10.3 Å². The molecule has 0 saturated carbocycles. The van der Waals surface area contributed by atoms with Gasteiger partial charge in [0.15, 0.2) is 0 Å². The van der Waals surface area contributed by atoms with Gasteiger partial charge in [-0.05, 0) is 67.5 Å². The number of carboxylic acids is 1. The number of benzene rings is 1. The number of rotatable bonds is 4. The van der Waals surface area contributed by atoms with E-state index < -0.39 is 5.97 Å². The summed E-state index contributed by atoms with van der Waals surface area (Å²) in [7, 11) is 0. The summed E-state index contributed by atoms with van der Waals surface area (Å²) in [6, 6.07) is 5.33. The third kappa shape index (κ3) is 3.52. The van der Waals surface area contributed by atoms with Gasteiger partial charge in [0.25, 0.3) is 5.91 Å². The van der Waals surface area contributed by atoms with Gasteiger partial charge in [-0.1, -0.05) is 18.0 Å². The molecule has 4 rings (SSSR count). The minimum atomic E-state index is -0.812. The van der Waals surface area contributed by atoms with Crippen LogP contribution in [0.5, 0.6) is 0 Å². The van der Waals surface area contributed by atoms with Crippen molar-refractivity contribution < 1.29 is 14.7 Å². The Labute approximate surface area is 162 Å². The number of hydrogen-bond donors (Lipinski definition) is 3. The van der Waals surface area contributed by atoms with Crippen LogP contribution in [0, 0.1) is 0 Å². The first kappa shape index (κ1) is 17.9. The Morgan fingerprint density at radius 1 is 1.22 bits per heavy atom. The highest BCUT2D eigenvalue weighted by atomic mass is 35.5. The zero-order valence-corrected chi connectivity index (χ0v) is 15.7. The molecule has 1 aliphatic carbocycles. The number of aryl methyl sites for hydroxylation is 1. The number of carboxylic acid groups (broad SMARTS) is 1. The van der Waals surface area contributed by atoms with Crippen molar-refractivity contribution in [1.29, 1.82) is 0 Å². The van der Waals surface area contributed by atoms with E-state index >= 15 is 0 Å². The van der Waals surface area contributed by atoms with Crippen molar-refractivity contribution in [2.75, 3.05) is 5.32 Å². The summed E-state index contributed by atoms with van der Waals surface area (Å²) in [5.74, 6) is -0.978. The van der Waals surface area contributed by atoms with Crippen LogP contribution in [0.1, 0.15) is 53.8 Å². The Bertz CT molecular complexity index is 959. The van der Waals surface area contributed by atoms with E-state index in [1.54, 1.807) is 18.2 Å². The van der Waals surface area contributed by atoms with Crippen LogP contribution in [0.4, 0.5) is 5.69 Å². The number of carbonyl (C=O) groups is 2. The molecular weight excluding hydrogens is 364 g/mol. The van der Waals surface area contributed by atoms with Gasteiger partial charge in [0.1, 0.15) is 0 Å². The van der Waals surface area contributed by atoms with E-state index in [-0.39, 0.29) is 12.3 Å². The van der Waals surface area contributed by atoms with Gasteiger partial charge in [-0.25, -0.2) is 0 Å². The molecular formula is C21H21ClN2O3. The molecule has 0 radical (unpaired) electrons. The molecule has 0 unspecified atom stereocenters. The lowest BCUT2D eigenvalue weighted by molar-refractivity contribution is -0.137. The van der Waals surface area contributed by atoms with Crippen LogP contribution in [0.15, 0.2) is 18.2 Å². The van der Waals surface area contributed by atoms with Crippen LogP contribution in [-0.2, 0) is 28.9 Å². The monoisotopic (exact) mass is 384 g/mol. The number of halogens is 1. The standard InChI is InChI=1S/C21H21ClN2O3/c22-12-6-8-18-15(10-12)16(21(27)24-18)11-19-14(7-9-20(25)26)13-4-2-1-3-5-17(13)23-19/h6,8,10-11,23H,1-5,7,9H2,(H,24,27)(H,25,26)/b16-11-. The molecule has 0 spiro atoms. The summed E-state index contributed by atoms with van der Waals surface area (Å²) in [5.41, 5.74) is 6.39. The fraction of sp³-hybridized carbons (Fsp3) is 0.333. The second-order valence-electron chi connectivity index (χ2n) is 7.13. The summed E-state index contributed by atoms with van der Waals surface area (Å²) in [5, 5.41) is 12.6. The highest BCUT2D eigenvalue weighted by Crippen LogP contribution is 2.36. The number of anilines is 1. The van der Waals surface area contributed by atoms with Crippen LogP contribution in [0.25, 0.3) is 11.6 Å². The van der Waals surface area contributed by atoms with Crippen LogP contribution in [-0.4, -0.2) is 22.0 Å². The lowest BCUT2D eigenvalue weighted by Crippen LogP contribution is -2.04. The molecule has 1 aromatic heterocycles. The van der Waals surface area contributed by atoms with E-state index in [1.165, 1.54) is 17.7 Å². The Morgan fingerprint density at radius 2 is 2.04 bits per heavy atom. The van der Waals surface area contributed by atoms with Crippen LogP contribution in [0.3, 0.4) is 0 Å². The molecule has 0 fully saturated rings. The molecule has 1 aliphatic heterocycles. The Balaban J connectivity index is 1.80. The third-order valence-electron chi connectivity index (χ3n) is 5.33.